The molecule has 0 aliphatic carbocycles. The van der Waals surface area contributed by atoms with Crippen LogP contribution >= 0.6 is 15.9 Å². The zero-order valence-electron chi connectivity index (χ0n) is 11.7. The van der Waals surface area contributed by atoms with Gasteiger partial charge in [-0.25, -0.2) is 4.98 Å². The van der Waals surface area contributed by atoms with Crippen molar-refractivity contribution in [2.24, 2.45) is 5.73 Å². The van der Waals surface area contributed by atoms with Crippen molar-refractivity contribution in [1.82, 2.24) is 9.55 Å². The summed E-state index contributed by atoms with van der Waals surface area (Å²) in [6.45, 7) is 6.24. The molecule has 2 rings (SSSR count). The minimum Gasteiger partial charge on any atom is -0.327 e. The smallest absolute Gasteiger partial charge is 0.0997 e. The maximum Gasteiger partial charge on any atom is 0.0997 e. The minimum absolute atomic E-state index is 0.199. The molecular formula is C15H20BrN3. The number of nitrogens with zero attached hydrogens (tertiary/aromatic N) is 2. The molecule has 1 aromatic heterocycles. The average molecular weight is 322 g/mol. The van der Waals surface area contributed by atoms with Gasteiger partial charge < -0.3 is 10.3 Å². The van der Waals surface area contributed by atoms with Gasteiger partial charge in [-0.3, -0.25) is 0 Å². The van der Waals surface area contributed by atoms with Crippen LogP contribution in [0.4, 0.5) is 0 Å². The van der Waals surface area contributed by atoms with Crippen molar-refractivity contribution in [3.05, 3.63) is 46.0 Å². The van der Waals surface area contributed by atoms with E-state index in [0.717, 1.165) is 28.7 Å². The monoisotopic (exact) mass is 321 g/mol. The number of rotatable bonds is 4. The molecule has 0 bridgehead atoms. The van der Waals surface area contributed by atoms with Crippen LogP contribution in [0.25, 0.3) is 5.69 Å². The molecule has 4 heteroatoms. The predicted molar refractivity (Wildman–Crippen MR) is 82.7 cm³/mol. The molecule has 1 unspecified atom stereocenters. The van der Waals surface area contributed by atoms with E-state index in [1.807, 2.05) is 13.3 Å². The second kappa shape index (κ2) is 5.88. The summed E-state index contributed by atoms with van der Waals surface area (Å²) in [6.07, 6.45) is 3.75. The van der Waals surface area contributed by atoms with Crippen molar-refractivity contribution in [3.8, 4) is 5.69 Å². The van der Waals surface area contributed by atoms with E-state index in [4.69, 9.17) is 5.73 Å². The van der Waals surface area contributed by atoms with E-state index in [-0.39, 0.29) is 6.04 Å². The van der Waals surface area contributed by atoms with Gasteiger partial charge in [-0.15, -0.1) is 0 Å². The molecular weight excluding hydrogens is 302 g/mol. The van der Waals surface area contributed by atoms with Crippen LogP contribution in [0.2, 0.25) is 0 Å². The molecule has 1 aromatic carbocycles. The first kappa shape index (κ1) is 14.3. The zero-order valence-corrected chi connectivity index (χ0v) is 13.2. The summed E-state index contributed by atoms with van der Waals surface area (Å²) in [7, 11) is 0. The molecule has 19 heavy (non-hydrogen) atoms. The molecule has 0 spiro atoms. The van der Waals surface area contributed by atoms with Gasteiger partial charge in [0, 0.05) is 16.2 Å². The summed E-state index contributed by atoms with van der Waals surface area (Å²) in [5.41, 5.74) is 10.8. The fourth-order valence-corrected chi connectivity index (χ4v) is 2.45. The summed E-state index contributed by atoms with van der Waals surface area (Å²) < 4.78 is 3.21. The van der Waals surface area contributed by atoms with Crippen molar-refractivity contribution < 1.29 is 0 Å². The third-order valence-electron chi connectivity index (χ3n) is 3.57. The summed E-state index contributed by atoms with van der Waals surface area (Å²) >= 11 is 3.54. The Morgan fingerprint density at radius 3 is 2.68 bits per heavy atom. The van der Waals surface area contributed by atoms with E-state index >= 15 is 0 Å². The number of aryl methyl sites for hydroxylation is 1. The lowest BCUT2D eigenvalue weighted by atomic mass is 10.0. The molecule has 1 heterocycles. The molecule has 0 radical (unpaired) electrons. The highest BCUT2D eigenvalue weighted by atomic mass is 79.9. The highest BCUT2D eigenvalue weighted by molar-refractivity contribution is 9.10. The molecule has 2 aromatic rings. The molecule has 0 amide bonds. The maximum absolute atomic E-state index is 6.10. The first-order valence-corrected chi connectivity index (χ1v) is 7.37. The van der Waals surface area contributed by atoms with Crippen LogP contribution in [0, 0.1) is 13.8 Å². The largest absolute Gasteiger partial charge is 0.327 e. The van der Waals surface area contributed by atoms with Crippen molar-refractivity contribution >= 4 is 15.9 Å². The second-order valence-electron chi connectivity index (χ2n) is 4.93. The van der Waals surface area contributed by atoms with Crippen LogP contribution in [0.5, 0.6) is 0 Å². The van der Waals surface area contributed by atoms with Crippen molar-refractivity contribution in [1.29, 1.82) is 0 Å². The Bertz CT molecular complexity index is 575. The summed E-state index contributed by atoms with van der Waals surface area (Å²) in [5.74, 6) is 0. The number of nitrogens with two attached hydrogens (primary N) is 1. The van der Waals surface area contributed by atoms with Gasteiger partial charge in [0.2, 0.25) is 0 Å². The van der Waals surface area contributed by atoms with Crippen molar-refractivity contribution in [2.45, 2.75) is 39.7 Å². The standard InChI is InChI=1S/C15H20BrN3/c1-4-14(17)7-12-5-6-13(16)8-15(12)19-9-18-10(2)11(19)3/h5-6,8-9,14H,4,7,17H2,1-3H3. The Hall–Kier alpha value is -1.13. The van der Waals surface area contributed by atoms with E-state index in [2.05, 4.69) is 57.5 Å². The Kier molecular flexibility index (Phi) is 4.42. The predicted octanol–water partition coefficient (Wildman–Crippen LogP) is 3.53. The summed E-state index contributed by atoms with van der Waals surface area (Å²) in [5, 5.41) is 0. The summed E-state index contributed by atoms with van der Waals surface area (Å²) in [6, 6.07) is 6.54. The third kappa shape index (κ3) is 3.07. The Labute approximate surface area is 123 Å². The first-order valence-electron chi connectivity index (χ1n) is 6.57. The average Bonchev–Trinajstić information content (AvgIpc) is 2.72. The lowest BCUT2D eigenvalue weighted by Gasteiger charge is -2.15. The van der Waals surface area contributed by atoms with Crippen molar-refractivity contribution in [3.63, 3.8) is 0 Å². The molecule has 1 atom stereocenters. The fourth-order valence-electron chi connectivity index (χ4n) is 2.10. The number of hydrogen-bond donors (Lipinski definition) is 1. The number of hydrogen-bond acceptors (Lipinski definition) is 2. The van der Waals surface area contributed by atoms with Crippen LogP contribution in [0.1, 0.15) is 30.3 Å². The SMILES string of the molecule is CCC(N)Cc1ccc(Br)cc1-n1cnc(C)c1C. The lowest BCUT2D eigenvalue weighted by molar-refractivity contribution is 0.644. The van der Waals surface area contributed by atoms with Gasteiger partial charge >= 0.3 is 0 Å². The quantitative estimate of drug-likeness (QED) is 0.936. The molecule has 102 valence electrons. The van der Waals surface area contributed by atoms with E-state index in [1.54, 1.807) is 0 Å². The first-order chi connectivity index (χ1) is 9.02. The van der Waals surface area contributed by atoms with Crippen LogP contribution in [0.3, 0.4) is 0 Å². The molecule has 0 aliphatic rings. The topological polar surface area (TPSA) is 43.8 Å². The molecule has 2 N–H and O–H groups in total. The van der Waals surface area contributed by atoms with Crippen LogP contribution in [-0.4, -0.2) is 15.6 Å². The molecule has 0 aliphatic heterocycles. The Morgan fingerprint density at radius 1 is 1.37 bits per heavy atom. The van der Waals surface area contributed by atoms with Crippen LogP contribution in [-0.2, 0) is 6.42 Å². The van der Waals surface area contributed by atoms with Gasteiger partial charge in [-0.05, 0) is 44.4 Å². The number of imidazole rings is 1. The molecule has 0 fully saturated rings. The zero-order chi connectivity index (χ0) is 14.0. The minimum atomic E-state index is 0.199. The Morgan fingerprint density at radius 2 is 2.11 bits per heavy atom. The van der Waals surface area contributed by atoms with E-state index < -0.39 is 0 Å². The number of aromatic nitrogens is 2. The van der Waals surface area contributed by atoms with Gasteiger partial charge in [-0.2, -0.15) is 0 Å². The molecule has 3 nitrogen and oxygen atoms in total. The molecule has 0 saturated carbocycles. The maximum atomic E-state index is 6.10. The van der Waals surface area contributed by atoms with Gasteiger partial charge in [0.1, 0.15) is 0 Å². The van der Waals surface area contributed by atoms with Gasteiger partial charge in [-0.1, -0.05) is 28.9 Å². The third-order valence-corrected chi connectivity index (χ3v) is 4.06. The highest BCUT2D eigenvalue weighted by Gasteiger charge is 2.12. The van der Waals surface area contributed by atoms with Gasteiger partial charge in [0.15, 0.2) is 0 Å². The lowest BCUT2D eigenvalue weighted by Crippen LogP contribution is -2.22. The van der Waals surface area contributed by atoms with Gasteiger partial charge in [0.25, 0.3) is 0 Å². The highest BCUT2D eigenvalue weighted by Crippen LogP contribution is 2.24. The van der Waals surface area contributed by atoms with E-state index in [9.17, 15) is 0 Å². The second-order valence-corrected chi connectivity index (χ2v) is 5.85. The Balaban J connectivity index is 2.48. The van der Waals surface area contributed by atoms with E-state index in [1.165, 1.54) is 11.3 Å². The fraction of sp³-hybridized carbons (Fsp3) is 0.400. The van der Waals surface area contributed by atoms with E-state index in [0.29, 0.717) is 0 Å². The van der Waals surface area contributed by atoms with Crippen molar-refractivity contribution in [2.75, 3.05) is 0 Å². The van der Waals surface area contributed by atoms with Crippen LogP contribution < -0.4 is 5.73 Å². The number of benzene rings is 1. The summed E-state index contributed by atoms with van der Waals surface area (Å²) in [4.78, 5) is 4.38. The normalized spacial score (nSPS) is 12.7. The van der Waals surface area contributed by atoms with Gasteiger partial charge in [0.05, 0.1) is 17.7 Å². The molecule has 0 saturated heterocycles. The van der Waals surface area contributed by atoms with Crippen LogP contribution in [0.15, 0.2) is 29.0 Å². The number of halogens is 1.